The molecule has 0 saturated heterocycles. The van der Waals surface area contributed by atoms with Gasteiger partial charge in [-0.3, -0.25) is 0 Å². The normalized spacial score (nSPS) is 12.2. The van der Waals surface area contributed by atoms with E-state index in [2.05, 4.69) is 46.6 Å². The third-order valence-electron chi connectivity index (χ3n) is 4.60. The van der Waals surface area contributed by atoms with Crippen LogP contribution in [0.3, 0.4) is 0 Å². The number of hydrogen-bond donors (Lipinski definition) is 0. The van der Waals surface area contributed by atoms with Gasteiger partial charge in [0.25, 0.3) is 10.0 Å². The quantitative estimate of drug-likeness (QED) is 0.344. The van der Waals surface area contributed by atoms with Gasteiger partial charge in [-0.25, -0.2) is 12.4 Å². The summed E-state index contributed by atoms with van der Waals surface area (Å²) in [6, 6.07) is 12.3. The predicted molar refractivity (Wildman–Crippen MR) is 120 cm³/mol. The predicted octanol–water partition coefficient (Wildman–Crippen LogP) is 5.04. The maximum Gasteiger partial charge on any atom is 0.268 e. The van der Waals surface area contributed by atoms with E-state index in [1.807, 2.05) is 19.1 Å². The van der Waals surface area contributed by atoms with Gasteiger partial charge in [0.15, 0.2) is 0 Å². The minimum atomic E-state index is -3.69. The fourth-order valence-electron chi connectivity index (χ4n) is 3.12. The molecule has 2 aromatic carbocycles. The van der Waals surface area contributed by atoms with E-state index in [0.717, 1.165) is 26.5 Å². The summed E-state index contributed by atoms with van der Waals surface area (Å²) in [4.78, 5) is 0.260. The summed E-state index contributed by atoms with van der Waals surface area (Å²) in [6.07, 6.45) is 2.36. The first kappa shape index (κ1) is 20.1. The smallest absolute Gasteiger partial charge is 0.268 e. The van der Waals surface area contributed by atoms with Crippen LogP contribution < -0.4 is 0 Å². The average molecular weight is 521 g/mol. The lowest BCUT2D eigenvalue weighted by Crippen LogP contribution is -2.11. The van der Waals surface area contributed by atoms with Crippen LogP contribution in [0.15, 0.2) is 58.0 Å². The highest BCUT2D eigenvalue weighted by Gasteiger charge is 2.21. The molecule has 2 aromatic heterocycles. The Morgan fingerprint density at radius 1 is 1.10 bits per heavy atom. The Hall–Kier alpha value is -2.20. The summed E-state index contributed by atoms with van der Waals surface area (Å²) in [5, 5.41) is 9.07. The number of aromatic nitrogens is 3. The molecule has 0 aliphatic heterocycles. The zero-order valence-electron chi connectivity index (χ0n) is 16.3. The van der Waals surface area contributed by atoms with Gasteiger partial charge in [-0.15, -0.1) is 10.2 Å². The van der Waals surface area contributed by atoms with Crippen LogP contribution in [-0.4, -0.2) is 22.6 Å². The van der Waals surface area contributed by atoms with Crippen molar-refractivity contribution in [1.82, 2.24) is 14.2 Å². The molecule has 0 aliphatic rings. The Balaban J connectivity index is 1.78. The molecule has 0 bridgehead atoms. The van der Waals surface area contributed by atoms with Gasteiger partial charge in [0, 0.05) is 27.1 Å². The maximum absolute atomic E-state index is 13.2. The van der Waals surface area contributed by atoms with E-state index in [-0.39, 0.29) is 4.90 Å². The Labute approximate surface area is 183 Å². The first-order chi connectivity index (χ1) is 13.8. The van der Waals surface area contributed by atoms with Gasteiger partial charge in [0.05, 0.1) is 10.4 Å². The van der Waals surface area contributed by atoms with Crippen molar-refractivity contribution in [1.29, 1.82) is 0 Å². The standard InChI is InChI=1S/C21H20IN3O3S/c1-13(2)10-20-23-24-21(28-20)15-6-9-19-17(11-15)18(22)12-25(19)29(26,27)16-7-4-14(3)5-8-16/h4-9,11-13H,10H2,1-3H3. The van der Waals surface area contributed by atoms with Gasteiger partial charge in [-0.2, -0.15) is 0 Å². The van der Waals surface area contributed by atoms with Crippen molar-refractivity contribution < 1.29 is 12.8 Å². The van der Waals surface area contributed by atoms with Crippen LogP contribution in [0.25, 0.3) is 22.4 Å². The number of hydrogen-bond acceptors (Lipinski definition) is 5. The number of fused-ring (bicyclic) bond motifs is 1. The van der Waals surface area contributed by atoms with Crippen molar-refractivity contribution in [2.75, 3.05) is 0 Å². The molecular weight excluding hydrogens is 501 g/mol. The van der Waals surface area contributed by atoms with E-state index in [4.69, 9.17) is 4.42 Å². The second-order valence-electron chi connectivity index (χ2n) is 7.42. The van der Waals surface area contributed by atoms with Crippen LogP contribution in [0.5, 0.6) is 0 Å². The molecule has 0 aliphatic carbocycles. The third kappa shape index (κ3) is 3.83. The van der Waals surface area contributed by atoms with Gasteiger partial charge >= 0.3 is 0 Å². The summed E-state index contributed by atoms with van der Waals surface area (Å²) in [5.74, 6) is 1.46. The molecule has 29 heavy (non-hydrogen) atoms. The summed E-state index contributed by atoms with van der Waals surface area (Å²) >= 11 is 2.15. The van der Waals surface area contributed by atoms with E-state index in [9.17, 15) is 8.42 Å². The first-order valence-electron chi connectivity index (χ1n) is 9.21. The molecule has 4 aromatic rings. The van der Waals surface area contributed by atoms with Crippen LogP contribution in [0.2, 0.25) is 0 Å². The summed E-state index contributed by atoms with van der Waals surface area (Å²) in [5.41, 5.74) is 2.39. The molecule has 0 atom stereocenters. The maximum atomic E-state index is 13.2. The van der Waals surface area contributed by atoms with Gasteiger partial charge in [-0.1, -0.05) is 31.5 Å². The van der Waals surface area contributed by atoms with Gasteiger partial charge < -0.3 is 4.42 Å². The lowest BCUT2D eigenvalue weighted by Gasteiger charge is -2.08. The first-order valence-corrected chi connectivity index (χ1v) is 11.7. The van der Waals surface area contributed by atoms with E-state index in [1.54, 1.807) is 36.5 Å². The summed E-state index contributed by atoms with van der Waals surface area (Å²) in [6.45, 7) is 6.11. The molecule has 4 rings (SSSR count). The average Bonchev–Trinajstić information content (AvgIpc) is 3.26. The number of aryl methyl sites for hydroxylation is 1. The molecule has 8 heteroatoms. The molecule has 0 spiro atoms. The lowest BCUT2D eigenvalue weighted by molar-refractivity contribution is 0.466. The molecule has 0 amide bonds. The fraction of sp³-hybridized carbons (Fsp3) is 0.238. The van der Waals surface area contributed by atoms with E-state index < -0.39 is 10.0 Å². The number of rotatable bonds is 5. The van der Waals surface area contributed by atoms with Gasteiger partial charge in [0.1, 0.15) is 0 Å². The van der Waals surface area contributed by atoms with E-state index >= 15 is 0 Å². The largest absolute Gasteiger partial charge is 0.421 e. The number of nitrogens with zero attached hydrogens (tertiary/aromatic N) is 3. The van der Waals surface area contributed by atoms with Crippen LogP contribution in [0.1, 0.15) is 25.3 Å². The summed E-state index contributed by atoms with van der Waals surface area (Å²) < 4.78 is 34.2. The lowest BCUT2D eigenvalue weighted by atomic mass is 10.1. The van der Waals surface area contributed by atoms with E-state index in [1.165, 1.54) is 3.97 Å². The van der Waals surface area contributed by atoms with Crippen LogP contribution in [0.4, 0.5) is 0 Å². The SMILES string of the molecule is Cc1ccc(S(=O)(=O)n2cc(I)c3cc(-c4nnc(CC(C)C)o4)ccc32)cc1. The van der Waals surface area contributed by atoms with Crippen LogP contribution in [0, 0.1) is 16.4 Å². The van der Waals surface area contributed by atoms with Crippen molar-refractivity contribution in [2.24, 2.45) is 5.92 Å². The molecule has 0 N–H and O–H groups in total. The van der Waals surface area contributed by atoms with E-state index in [0.29, 0.717) is 23.2 Å². The van der Waals surface area contributed by atoms with Crippen LogP contribution in [-0.2, 0) is 16.4 Å². The van der Waals surface area contributed by atoms with Gasteiger partial charge in [0.2, 0.25) is 11.8 Å². The fourth-order valence-corrected chi connectivity index (χ4v) is 5.39. The Morgan fingerprint density at radius 2 is 1.83 bits per heavy atom. The van der Waals surface area contributed by atoms with Crippen molar-refractivity contribution in [3.63, 3.8) is 0 Å². The minimum Gasteiger partial charge on any atom is -0.421 e. The van der Waals surface area contributed by atoms with Crippen molar-refractivity contribution in [3.8, 4) is 11.5 Å². The second-order valence-corrected chi connectivity index (χ2v) is 10.4. The molecular formula is C21H20IN3O3S. The number of benzene rings is 2. The molecule has 2 heterocycles. The highest BCUT2D eigenvalue weighted by atomic mass is 127. The molecule has 6 nitrogen and oxygen atoms in total. The highest BCUT2D eigenvalue weighted by molar-refractivity contribution is 14.1. The summed E-state index contributed by atoms with van der Waals surface area (Å²) in [7, 11) is -3.69. The Bertz CT molecular complexity index is 1290. The Kier molecular flexibility index (Phi) is 5.24. The van der Waals surface area contributed by atoms with Gasteiger partial charge in [-0.05, 0) is 65.8 Å². The van der Waals surface area contributed by atoms with Crippen molar-refractivity contribution in [3.05, 3.63) is 63.7 Å². The minimum absolute atomic E-state index is 0.260. The molecule has 0 saturated carbocycles. The van der Waals surface area contributed by atoms with Crippen LogP contribution >= 0.6 is 22.6 Å². The zero-order chi connectivity index (χ0) is 20.8. The molecule has 0 radical (unpaired) electrons. The topological polar surface area (TPSA) is 78.0 Å². The third-order valence-corrected chi connectivity index (χ3v) is 7.14. The molecule has 150 valence electrons. The monoisotopic (exact) mass is 521 g/mol. The molecule has 0 unspecified atom stereocenters. The van der Waals surface area contributed by atoms with Crippen molar-refractivity contribution >= 4 is 43.5 Å². The highest BCUT2D eigenvalue weighted by Crippen LogP contribution is 2.31. The zero-order valence-corrected chi connectivity index (χ0v) is 19.2. The number of halogens is 1. The second kappa shape index (κ2) is 7.56. The molecule has 0 fully saturated rings. The van der Waals surface area contributed by atoms with Crippen molar-refractivity contribution in [2.45, 2.75) is 32.1 Å². The Morgan fingerprint density at radius 3 is 2.52 bits per heavy atom.